The number of aliphatic hydroxyl groups excluding tert-OH is 4. The van der Waals surface area contributed by atoms with Crippen LogP contribution in [-0.4, -0.2) is 44.8 Å². The highest BCUT2D eigenvalue weighted by Crippen LogP contribution is 2.68. The van der Waals surface area contributed by atoms with E-state index in [4.69, 9.17) is 0 Å². The highest BCUT2D eigenvalue weighted by Gasteiger charge is 2.62. The molecule has 192 valence electrons. The second-order valence-electron chi connectivity index (χ2n) is 13.6. The highest BCUT2D eigenvalue weighted by molar-refractivity contribution is 5.11. The Labute approximate surface area is 202 Å². The van der Waals surface area contributed by atoms with Gasteiger partial charge in [0.05, 0.1) is 24.4 Å². The van der Waals surface area contributed by atoms with Crippen molar-refractivity contribution in [1.82, 2.24) is 0 Å². The van der Waals surface area contributed by atoms with E-state index in [0.717, 1.165) is 25.7 Å². The molecule has 0 amide bonds. The molecule has 0 bridgehead atoms. The van der Waals surface area contributed by atoms with Crippen molar-refractivity contribution in [3.8, 4) is 0 Å². The third-order valence-electron chi connectivity index (χ3n) is 12.0. The quantitative estimate of drug-likeness (QED) is 0.445. The Kier molecular flexibility index (Phi) is 7.36. The van der Waals surface area contributed by atoms with Gasteiger partial charge in [0.25, 0.3) is 0 Å². The van der Waals surface area contributed by atoms with Crippen LogP contribution in [0.15, 0.2) is 0 Å². The molecule has 0 spiro atoms. The smallest absolute Gasteiger partial charge is 0.0832 e. The standard InChI is InChI=1S/C29H52O4/c1-7-19(16(2)3)27(33)26(32)17(4)21-10-11-22-20-9-8-18-14-24(30)25(31)15-29(18,6)23(20)12-13-28(21,22)5/h16-27,30-33H,7-15H2,1-6H3/t17-,18?,19-,20-,21+,22-,23-,24-,25+,26+,27+,28+,29-/m0/s1. The third-order valence-corrected chi connectivity index (χ3v) is 12.0. The lowest BCUT2D eigenvalue weighted by Crippen LogP contribution is -2.57. The summed E-state index contributed by atoms with van der Waals surface area (Å²) < 4.78 is 0. The van der Waals surface area contributed by atoms with E-state index in [1.54, 1.807) is 0 Å². The molecule has 4 nitrogen and oxygen atoms in total. The number of rotatable bonds is 6. The van der Waals surface area contributed by atoms with Gasteiger partial charge in [-0.05, 0) is 110 Å². The largest absolute Gasteiger partial charge is 0.390 e. The molecule has 4 rings (SSSR count). The van der Waals surface area contributed by atoms with Crippen LogP contribution in [0.4, 0.5) is 0 Å². The Morgan fingerprint density at radius 1 is 0.818 bits per heavy atom. The summed E-state index contributed by atoms with van der Waals surface area (Å²) in [6.07, 6.45) is 7.24. The van der Waals surface area contributed by atoms with Crippen LogP contribution in [0.25, 0.3) is 0 Å². The Bertz CT molecular complexity index is 681. The molecule has 13 atom stereocenters. The molecule has 1 unspecified atom stereocenters. The maximum Gasteiger partial charge on any atom is 0.0832 e. The minimum atomic E-state index is -0.654. The Hall–Kier alpha value is -0.160. The normalized spacial score (nSPS) is 49.0. The van der Waals surface area contributed by atoms with Gasteiger partial charge >= 0.3 is 0 Å². The maximum absolute atomic E-state index is 11.3. The molecule has 4 aliphatic carbocycles. The fourth-order valence-corrected chi connectivity index (χ4v) is 10.1. The van der Waals surface area contributed by atoms with Crippen molar-refractivity contribution in [1.29, 1.82) is 0 Å². The number of aliphatic hydroxyl groups is 4. The van der Waals surface area contributed by atoms with E-state index in [9.17, 15) is 20.4 Å². The lowest BCUT2D eigenvalue weighted by Gasteiger charge is -2.61. The topological polar surface area (TPSA) is 80.9 Å². The molecule has 0 aliphatic heterocycles. The summed E-state index contributed by atoms with van der Waals surface area (Å²) >= 11 is 0. The Morgan fingerprint density at radius 2 is 1.48 bits per heavy atom. The zero-order valence-corrected chi connectivity index (χ0v) is 22.1. The van der Waals surface area contributed by atoms with Crippen molar-refractivity contribution < 1.29 is 20.4 Å². The van der Waals surface area contributed by atoms with Crippen molar-refractivity contribution in [2.24, 2.45) is 58.2 Å². The molecular weight excluding hydrogens is 412 g/mol. The van der Waals surface area contributed by atoms with Gasteiger partial charge in [-0.1, -0.05) is 48.0 Å². The summed E-state index contributed by atoms with van der Waals surface area (Å²) in [5.41, 5.74) is 0.380. The minimum Gasteiger partial charge on any atom is -0.390 e. The minimum absolute atomic E-state index is 0.109. The van der Waals surface area contributed by atoms with Crippen LogP contribution in [0.2, 0.25) is 0 Å². The average Bonchev–Trinajstić information content (AvgIpc) is 3.11. The van der Waals surface area contributed by atoms with Gasteiger partial charge in [-0.2, -0.15) is 0 Å². The first-order chi connectivity index (χ1) is 15.5. The van der Waals surface area contributed by atoms with Gasteiger partial charge < -0.3 is 20.4 Å². The monoisotopic (exact) mass is 464 g/mol. The zero-order valence-electron chi connectivity index (χ0n) is 22.1. The third kappa shape index (κ3) is 4.13. The van der Waals surface area contributed by atoms with E-state index in [1.165, 1.54) is 32.1 Å². The van der Waals surface area contributed by atoms with E-state index in [-0.39, 0.29) is 22.7 Å². The van der Waals surface area contributed by atoms with Crippen LogP contribution in [0.3, 0.4) is 0 Å². The first-order valence-corrected chi connectivity index (χ1v) is 14.2. The maximum atomic E-state index is 11.3. The highest BCUT2D eigenvalue weighted by atomic mass is 16.3. The molecule has 33 heavy (non-hydrogen) atoms. The molecule has 0 aromatic heterocycles. The molecule has 4 heteroatoms. The van der Waals surface area contributed by atoms with Crippen molar-refractivity contribution in [3.05, 3.63) is 0 Å². The fraction of sp³-hybridized carbons (Fsp3) is 1.00. The SMILES string of the molecule is CC[C@@H](C(C)C)[C@@H](O)[C@H](O)[C@@H](C)[C@H]1CC[C@H]2[C@@H]3CCC4C[C@H](O)[C@H](O)C[C@]4(C)[C@H]3CC[C@]12C. The van der Waals surface area contributed by atoms with Gasteiger partial charge in [-0.3, -0.25) is 0 Å². The molecule has 4 saturated carbocycles. The van der Waals surface area contributed by atoms with Gasteiger partial charge in [0.1, 0.15) is 0 Å². The summed E-state index contributed by atoms with van der Waals surface area (Å²) in [6, 6.07) is 0. The Morgan fingerprint density at radius 3 is 2.12 bits per heavy atom. The summed E-state index contributed by atoms with van der Waals surface area (Å²) in [5.74, 6) is 3.65. The summed E-state index contributed by atoms with van der Waals surface area (Å²) in [6.45, 7) is 13.5. The van der Waals surface area contributed by atoms with Gasteiger partial charge in [0.15, 0.2) is 0 Å². The van der Waals surface area contributed by atoms with E-state index in [1.807, 2.05) is 0 Å². The summed E-state index contributed by atoms with van der Waals surface area (Å²) in [7, 11) is 0. The molecule has 4 fully saturated rings. The fourth-order valence-electron chi connectivity index (χ4n) is 10.1. The van der Waals surface area contributed by atoms with E-state index in [2.05, 4.69) is 41.5 Å². The van der Waals surface area contributed by atoms with Gasteiger partial charge in [0, 0.05) is 0 Å². The second kappa shape index (κ2) is 9.37. The van der Waals surface area contributed by atoms with Crippen molar-refractivity contribution in [2.45, 2.75) is 124 Å². The molecule has 0 radical (unpaired) electrons. The van der Waals surface area contributed by atoms with Crippen LogP contribution in [0, 0.1) is 58.2 Å². The van der Waals surface area contributed by atoms with E-state index in [0.29, 0.717) is 35.5 Å². The van der Waals surface area contributed by atoms with Gasteiger partial charge in [-0.15, -0.1) is 0 Å². The number of hydrogen-bond acceptors (Lipinski definition) is 4. The molecule has 0 saturated heterocycles. The number of fused-ring (bicyclic) bond motifs is 5. The zero-order chi connectivity index (χ0) is 24.3. The molecule has 0 aromatic rings. The predicted molar refractivity (Wildman–Crippen MR) is 132 cm³/mol. The van der Waals surface area contributed by atoms with Crippen molar-refractivity contribution in [3.63, 3.8) is 0 Å². The van der Waals surface area contributed by atoms with Crippen molar-refractivity contribution in [2.75, 3.05) is 0 Å². The van der Waals surface area contributed by atoms with Gasteiger partial charge in [0.2, 0.25) is 0 Å². The summed E-state index contributed by atoms with van der Waals surface area (Å²) in [5, 5.41) is 43.2. The van der Waals surface area contributed by atoms with Crippen LogP contribution in [0.1, 0.15) is 99.3 Å². The first kappa shape index (κ1) is 25.9. The van der Waals surface area contributed by atoms with Crippen LogP contribution in [-0.2, 0) is 0 Å². The second-order valence-corrected chi connectivity index (χ2v) is 13.6. The number of hydrogen-bond donors (Lipinski definition) is 4. The lowest BCUT2D eigenvalue weighted by molar-refractivity contribution is -0.163. The van der Waals surface area contributed by atoms with E-state index < -0.39 is 24.4 Å². The molecular formula is C29H52O4. The molecule has 4 N–H and O–H groups in total. The molecule has 0 heterocycles. The van der Waals surface area contributed by atoms with E-state index >= 15 is 0 Å². The van der Waals surface area contributed by atoms with Gasteiger partial charge in [-0.25, -0.2) is 0 Å². The lowest BCUT2D eigenvalue weighted by atomic mass is 9.44. The first-order valence-electron chi connectivity index (χ1n) is 14.2. The predicted octanol–water partition coefficient (Wildman–Crippen LogP) is 5.02. The summed E-state index contributed by atoms with van der Waals surface area (Å²) in [4.78, 5) is 0. The average molecular weight is 465 g/mol. The molecule has 4 aliphatic rings. The van der Waals surface area contributed by atoms with Crippen LogP contribution < -0.4 is 0 Å². The van der Waals surface area contributed by atoms with Crippen LogP contribution >= 0.6 is 0 Å². The van der Waals surface area contributed by atoms with Crippen molar-refractivity contribution >= 4 is 0 Å². The van der Waals surface area contributed by atoms with Crippen LogP contribution in [0.5, 0.6) is 0 Å². The molecule has 0 aromatic carbocycles. The Balaban J connectivity index is 1.51.